The van der Waals surface area contributed by atoms with E-state index in [0.717, 1.165) is 16.7 Å². The second-order valence-corrected chi connectivity index (χ2v) is 4.28. The van der Waals surface area contributed by atoms with Crippen LogP contribution in [0.1, 0.15) is 16.7 Å². The molecule has 0 saturated heterocycles. The molecule has 2 rings (SSSR count). The van der Waals surface area contributed by atoms with E-state index in [2.05, 4.69) is 6.58 Å². The van der Waals surface area contributed by atoms with Gasteiger partial charge in [0.25, 0.3) is 0 Å². The van der Waals surface area contributed by atoms with Crippen molar-refractivity contribution >= 4 is 18.1 Å². The van der Waals surface area contributed by atoms with Gasteiger partial charge in [-0.2, -0.15) is 0 Å². The third kappa shape index (κ3) is 3.95. The topological polar surface area (TPSA) is 26.3 Å². The normalized spacial score (nSPS) is 10.4. The fourth-order valence-electron chi connectivity index (χ4n) is 1.84. The summed E-state index contributed by atoms with van der Waals surface area (Å²) in [5.74, 6) is -0.286. The predicted molar refractivity (Wildman–Crippen MR) is 81.8 cm³/mol. The van der Waals surface area contributed by atoms with Crippen molar-refractivity contribution in [3.63, 3.8) is 0 Å². The van der Waals surface area contributed by atoms with Gasteiger partial charge in [0, 0.05) is 0 Å². The molecule has 0 fully saturated rings. The molecule has 2 nitrogen and oxygen atoms in total. The van der Waals surface area contributed by atoms with Crippen LogP contribution in [-0.2, 0) is 16.0 Å². The van der Waals surface area contributed by atoms with Gasteiger partial charge in [0.1, 0.15) is 0 Å². The van der Waals surface area contributed by atoms with Gasteiger partial charge in [0.15, 0.2) is 0 Å². The van der Waals surface area contributed by atoms with E-state index in [9.17, 15) is 4.79 Å². The number of hydrogen-bond acceptors (Lipinski definition) is 2. The van der Waals surface area contributed by atoms with E-state index in [1.165, 1.54) is 6.26 Å². The lowest BCUT2D eigenvalue weighted by molar-refractivity contribution is -0.137. The van der Waals surface area contributed by atoms with Crippen molar-refractivity contribution in [1.29, 1.82) is 0 Å². The molecular weight excluding hydrogens is 248 g/mol. The summed E-state index contributed by atoms with van der Waals surface area (Å²) in [6, 6.07) is 17.3. The molecule has 0 spiro atoms. The van der Waals surface area contributed by atoms with Gasteiger partial charge in [-0.15, -0.1) is 0 Å². The van der Waals surface area contributed by atoms with E-state index in [1.807, 2.05) is 54.6 Å². The largest absolute Gasteiger partial charge is 0.434 e. The van der Waals surface area contributed by atoms with E-state index in [-0.39, 0.29) is 12.4 Å². The SMILES string of the molecule is C=Cc1ccccc1CC(=O)O/C=C/c1ccccc1. The molecular formula is C18H16O2. The summed E-state index contributed by atoms with van der Waals surface area (Å²) in [6.45, 7) is 3.73. The maximum Gasteiger partial charge on any atom is 0.315 e. The number of esters is 1. The van der Waals surface area contributed by atoms with Gasteiger partial charge >= 0.3 is 5.97 Å². The average molecular weight is 264 g/mol. The van der Waals surface area contributed by atoms with Crippen molar-refractivity contribution in [2.75, 3.05) is 0 Å². The van der Waals surface area contributed by atoms with E-state index >= 15 is 0 Å². The maximum atomic E-state index is 11.8. The number of hydrogen-bond donors (Lipinski definition) is 0. The quantitative estimate of drug-likeness (QED) is 0.600. The molecule has 2 aromatic carbocycles. The van der Waals surface area contributed by atoms with Gasteiger partial charge < -0.3 is 4.74 Å². The third-order valence-electron chi connectivity index (χ3n) is 2.87. The number of ether oxygens (including phenoxy) is 1. The Morgan fingerprint density at radius 1 is 1.05 bits per heavy atom. The van der Waals surface area contributed by atoms with Crippen LogP contribution in [-0.4, -0.2) is 5.97 Å². The molecule has 0 radical (unpaired) electrons. The predicted octanol–water partition coefficient (Wildman–Crippen LogP) is 4.09. The smallest absolute Gasteiger partial charge is 0.315 e. The molecule has 100 valence electrons. The van der Waals surface area contributed by atoms with E-state index in [4.69, 9.17) is 4.74 Å². The average Bonchev–Trinajstić information content (AvgIpc) is 2.49. The van der Waals surface area contributed by atoms with Crippen LogP contribution in [0.3, 0.4) is 0 Å². The van der Waals surface area contributed by atoms with Crippen LogP contribution >= 0.6 is 0 Å². The summed E-state index contributed by atoms with van der Waals surface area (Å²) in [5.41, 5.74) is 2.86. The maximum absolute atomic E-state index is 11.8. The first kappa shape index (κ1) is 13.8. The van der Waals surface area contributed by atoms with Crippen LogP contribution in [0.2, 0.25) is 0 Å². The molecule has 0 bridgehead atoms. The summed E-state index contributed by atoms with van der Waals surface area (Å²) in [5, 5.41) is 0. The van der Waals surface area contributed by atoms with Gasteiger partial charge in [-0.3, -0.25) is 4.79 Å². The zero-order valence-electron chi connectivity index (χ0n) is 11.2. The molecule has 0 amide bonds. The summed E-state index contributed by atoms with van der Waals surface area (Å²) >= 11 is 0. The lowest BCUT2D eigenvalue weighted by Crippen LogP contribution is -2.05. The van der Waals surface area contributed by atoms with Gasteiger partial charge in [-0.05, 0) is 22.8 Å². The molecule has 0 aliphatic heterocycles. The van der Waals surface area contributed by atoms with Crippen molar-refractivity contribution in [3.05, 3.63) is 84.1 Å². The molecule has 2 aromatic rings. The molecule has 0 aliphatic rings. The molecule has 0 aromatic heterocycles. The minimum Gasteiger partial charge on any atom is -0.434 e. The Balaban J connectivity index is 1.93. The molecule has 0 heterocycles. The molecule has 20 heavy (non-hydrogen) atoms. The fourth-order valence-corrected chi connectivity index (χ4v) is 1.84. The number of carbonyl (C=O) groups is 1. The summed E-state index contributed by atoms with van der Waals surface area (Å²) < 4.78 is 5.10. The van der Waals surface area contributed by atoms with Crippen LogP contribution in [0.4, 0.5) is 0 Å². The van der Waals surface area contributed by atoms with Crippen molar-refractivity contribution in [1.82, 2.24) is 0 Å². The van der Waals surface area contributed by atoms with E-state index < -0.39 is 0 Å². The Hall–Kier alpha value is -2.61. The molecule has 0 aliphatic carbocycles. The fraction of sp³-hybridized carbons (Fsp3) is 0.0556. The van der Waals surface area contributed by atoms with Gasteiger partial charge in [-0.1, -0.05) is 67.3 Å². The number of carbonyl (C=O) groups excluding carboxylic acids is 1. The third-order valence-corrected chi connectivity index (χ3v) is 2.87. The highest BCUT2D eigenvalue weighted by atomic mass is 16.5. The zero-order valence-corrected chi connectivity index (χ0v) is 11.2. The van der Waals surface area contributed by atoms with Crippen LogP contribution in [0.5, 0.6) is 0 Å². The first-order valence-electron chi connectivity index (χ1n) is 6.41. The standard InChI is InChI=1S/C18H16O2/c1-2-16-10-6-7-11-17(16)14-18(19)20-13-12-15-8-4-3-5-9-15/h2-13H,1,14H2/b13-12+. The lowest BCUT2D eigenvalue weighted by Gasteiger charge is -2.04. The Bertz CT molecular complexity index is 612. The van der Waals surface area contributed by atoms with Crippen molar-refractivity contribution in [2.24, 2.45) is 0 Å². The van der Waals surface area contributed by atoms with Crippen molar-refractivity contribution < 1.29 is 9.53 Å². The second-order valence-electron chi connectivity index (χ2n) is 4.28. The minimum absolute atomic E-state index is 0.237. The monoisotopic (exact) mass is 264 g/mol. The van der Waals surface area contributed by atoms with Crippen molar-refractivity contribution in [2.45, 2.75) is 6.42 Å². The first-order valence-corrected chi connectivity index (χ1v) is 6.41. The Labute approximate surface area is 119 Å². The van der Waals surface area contributed by atoms with E-state index in [0.29, 0.717) is 0 Å². The zero-order chi connectivity index (χ0) is 14.2. The summed E-state index contributed by atoms with van der Waals surface area (Å²) in [7, 11) is 0. The molecule has 0 saturated carbocycles. The Morgan fingerprint density at radius 2 is 1.75 bits per heavy atom. The van der Waals surface area contributed by atoms with Crippen LogP contribution in [0.25, 0.3) is 12.2 Å². The van der Waals surface area contributed by atoms with Gasteiger partial charge in [0.2, 0.25) is 0 Å². The van der Waals surface area contributed by atoms with Crippen molar-refractivity contribution in [3.8, 4) is 0 Å². The molecule has 2 heteroatoms. The van der Waals surface area contributed by atoms with Crippen LogP contribution in [0, 0.1) is 0 Å². The second kappa shape index (κ2) is 7.10. The summed E-state index contributed by atoms with van der Waals surface area (Å²) in [6.07, 6.45) is 5.16. The van der Waals surface area contributed by atoms with Crippen LogP contribution < -0.4 is 0 Å². The summed E-state index contributed by atoms with van der Waals surface area (Å²) in [4.78, 5) is 11.8. The van der Waals surface area contributed by atoms with Gasteiger partial charge in [-0.25, -0.2) is 0 Å². The lowest BCUT2D eigenvalue weighted by atomic mass is 10.1. The Morgan fingerprint density at radius 3 is 2.50 bits per heavy atom. The number of benzene rings is 2. The highest BCUT2D eigenvalue weighted by Crippen LogP contribution is 2.11. The van der Waals surface area contributed by atoms with Crippen LogP contribution in [0.15, 0.2) is 67.4 Å². The minimum atomic E-state index is -0.286. The highest BCUT2D eigenvalue weighted by molar-refractivity contribution is 5.75. The van der Waals surface area contributed by atoms with Gasteiger partial charge in [0.05, 0.1) is 12.7 Å². The van der Waals surface area contributed by atoms with E-state index in [1.54, 1.807) is 12.2 Å². The highest BCUT2D eigenvalue weighted by Gasteiger charge is 2.05. The molecule has 0 N–H and O–H groups in total. The number of rotatable bonds is 5. The first-order chi connectivity index (χ1) is 9.79. The Kier molecular flexibility index (Phi) is 4.90. The molecule has 0 unspecified atom stereocenters. The molecule has 0 atom stereocenters.